The molecule has 0 unspecified atom stereocenters. The van der Waals surface area contributed by atoms with Gasteiger partial charge in [-0.3, -0.25) is 9.59 Å². The molecule has 38 heavy (non-hydrogen) atoms. The maximum Gasteiger partial charge on any atom is 0.264 e. The lowest BCUT2D eigenvalue weighted by Crippen LogP contribution is -2.45. The topological polar surface area (TPSA) is 90.9 Å². The summed E-state index contributed by atoms with van der Waals surface area (Å²) in [7, 11) is -3.23. The molecule has 0 aliphatic carbocycles. The summed E-state index contributed by atoms with van der Waals surface area (Å²) >= 11 is 3.54. The van der Waals surface area contributed by atoms with Crippen LogP contribution < -0.4 is 15.5 Å². The fraction of sp³-hybridized carbons (Fsp3) is 0.500. The molecule has 3 aliphatic rings. The molecule has 3 N–H and O–H groups in total. The molecule has 2 fully saturated rings. The first-order valence-corrected chi connectivity index (χ1v) is 17.0. The molecule has 7 nitrogen and oxygen atoms in total. The van der Waals surface area contributed by atoms with E-state index in [1.807, 2.05) is 49.4 Å². The van der Waals surface area contributed by atoms with Gasteiger partial charge in [-0.25, -0.2) is 0 Å². The van der Waals surface area contributed by atoms with E-state index >= 15 is 4.11 Å². The zero-order chi connectivity index (χ0) is 27.2. The average molecular weight is 605 g/mol. The normalized spacial score (nSPS) is 28.8. The number of rotatable bonds is 7. The van der Waals surface area contributed by atoms with E-state index in [9.17, 15) is 14.7 Å². The van der Waals surface area contributed by atoms with Gasteiger partial charge in [-0.1, -0.05) is 35.0 Å². The standard InChI is InChI=1S/C28H35BrFN3O4Si/c1-17-25(38(2,3)30)24(12-14-34)37-28(17)21-15-19(29)8-11-23(21)33(27(28)36)16-18-6-9-20(10-7-18)32-26(35)22-5-4-13-31-22/h6-11,15,17,22,24-25,31,34H,4-5,12-14,16H2,1-3H3,(H,32,35)/t17-,22+,24+,25-,28+/m0/s1. The molecule has 2 amide bonds. The second-order valence-electron chi connectivity index (χ2n) is 11.2. The number of amides is 2. The molecule has 2 aromatic carbocycles. The summed E-state index contributed by atoms with van der Waals surface area (Å²) in [6, 6.07) is 13.0. The number of ether oxygens (including phenoxy) is 1. The number of hydrogen-bond acceptors (Lipinski definition) is 5. The van der Waals surface area contributed by atoms with Crippen LogP contribution in [0.5, 0.6) is 0 Å². The van der Waals surface area contributed by atoms with E-state index in [2.05, 4.69) is 26.6 Å². The van der Waals surface area contributed by atoms with E-state index in [1.165, 1.54) is 0 Å². The molecule has 10 heteroatoms. The number of aliphatic hydroxyl groups excluding tert-OH is 1. The molecular weight excluding hydrogens is 569 g/mol. The Bertz CT molecular complexity index is 1220. The van der Waals surface area contributed by atoms with Gasteiger partial charge < -0.3 is 29.5 Å². The highest BCUT2D eigenvalue weighted by Gasteiger charge is 2.66. The Balaban J connectivity index is 1.43. The van der Waals surface area contributed by atoms with Crippen molar-refractivity contribution in [1.29, 1.82) is 0 Å². The van der Waals surface area contributed by atoms with Gasteiger partial charge in [0.1, 0.15) is 0 Å². The number of nitrogens with one attached hydrogen (secondary N) is 2. The van der Waals surface area contributed by atoms with E-state index in [-0.39, 0.29) is 30.9 Å². The summed E-state index contributed by atoms with van der Waals surface area (Å²) in [6.07, 6.45) is 1.59. The quantitative estimate of drug-likeness (QED) is 0.311. The molecule has 0 radical (unpaired) electrons. The summed E-state index contributed by atoms with van der Waals surface area (Å²) in [5.74, 6) is -0.630. The highest BCUT2D eigenvalue weighted by atomic mass is 79.9. The van der Waals surface area contributed by atoms with Gasteiger partial charge in [-0.15, -0.1) is 0 Å². The van der Waals surface area contributed by atoms with Crippen molar-refractivity contribution in [3.8, 4) is 0 Å². The Hall–Kier alpha value is -2.11. The number of hydrogen-bond donors (Lipinski definition) is 3. The Morgan fingerprint density at radius 1 is 1.29 bits per heavy atom. The van der Waals surface area contributed by atoms with Crippen LogP contribution in [-0.4, -0.2) is 50.6 Å². The number of anilines is 2. The van der Waals surface area contributed by atoms with Gasteiger partial charge in [0.05, 0.1) is 24.4 Å². The fourth-order valence-electron chi connectivity index (χ4n) is 6.59. The average Bonchev–Trinajstić information content (AvgIpc) is 3.55. The van der Waals surface area contributed by atoms with Crippen LogP contribution in [0.25, 0.3) is 0 Å². The lowest BCUT2D eigenvalue weighted by atomic mass is 9.82. The smallest absolute Gasteiger partial charge is 0.264 e. The van der Waals surface area contributed by atoms with Gasteiger partial charge >= 0.3 is 0 Å². The van der Waals surface area contributed by atoms with Crippen LogP contribution in [-0.2, 0) is 26.5 Å². The van der Waals surface area contributed by atoms with Crippen molar-refractivity contribution in [1.82, 2.24) is 5.32 Å². The van der Waals surface area contributed by atoms with Crippen LogP contribution in [0.15, 0.2) is 46.9 Å². The van der Waals surface area contributed by atoms with E-state index in [0.29, 0.717) is 12.2 Å². The maximum atomic E-state index is 15.6. The highest BCUT2D eigenvalue weighted by Crippen LogP contribution is 2.60. The molecule has 0 saturated carbocycles. The third-order valence-corrected chi connectivity index (χ3v) is 11.2. The molecule has 0 bridgehead atoms. The second-order valence-corrected chi connectivity index (χ2v) is 15.9. The molecule has 3 heterocycles. The van der Waals surface area contributed by atoms with Gasteiger partial charge in [0, 0.05) is 33.8 Å². The van der Waals surface area contributed by atoms with E-state index in [1.54, 1.807) is 18.0 Å². The van der Waals surface area contributed by atoms with Crippen LogP contribution >= 0.6 is 15.9 Å². The number of aliphatic hydroxyl groups is 1. The Morgan fingerprint density at radius 3 is 2.66 bits per heavy atom. The number of halogens is 2. The molecular formula is C28H35BrFN3O4Si. The van der Waals surface area contributed by atoms with Crippen LogP contribution in [0, 0.1) is 5.92 Å². The Kier molecular flexibility index (Phi) is 7.56. The monoisotopic (exact) mass is 603 g/mol. The first-order valence-electron chi connectivity index (χ1n) is 13.3. The van der Waals surface area contributed by atoms with Gasteiger partial charge in [-0.05, 0) is 74.8 Å². The van der Waals surface area contributed by atoms with Crippen LogP contribution in [0.1, 0.15) is 37.3 Å². The van der Waals surface area contributed by atoms with Crippen molar-refractivity contribution in [2.45, 2.75) is 69.1 Å². The second kappa shape index (κ2) is 10.5. The molecule has 2 aromatic rings. The minimum atomic E-state index is -3.23. The summed E-state index contributed by atoms with van der Waals surface area (Å²) in [5, 5.41) is 15.9. The summed E-state index contributed by atoms with van der Waals surface area (Å²) < 4.78 is 23.0. The molecule has 5 atom stereocenters. The van der Waals surface area contributed by atoms with Crippen molar-refractivity contribution in [2.24, 2.45) is 5.92 Å². The number of carbonyl (C=O) groups is 2. The predicted molar refractivity (Wildman–Crippen MR) is 151 cm³/mol. The third kappa shape index (κ3) is 4.74. The summed E-state index contributed by atoms with van der Waals surface area (Å²) in [6.45, 7) is 6.27. The zero-order valence-electron chi connectivity index (χ0n) is 22.0. The molecule has 2 saturated heterocycles. The number of fused-ring (bicyclic) bond motifs is 2. The number of benzene rings is 2. The van der Waals surface area contributed by atoms with Gasteiger partial charge in [0.25, 0.3) is 5.91 Å². The molecule has 5 rings (SSSR count). The first-order chi connectivity index (χ1) is 18.1. The third-order valence-electron chi connectivity index (χ3n) is 8.28. The van der Waals surface area contributed by atoms with Crippen molar-refractivity contribution >= 4 is 47.5 Å². The Morgan fingerprint density at radius 2 is 2.03 bits per heavy atom. The largest absolute Gasteiger partial charge is 0.396 e. The number of nitrogens with zero attached hydrogens (tertiary/aromatic N) is 1. The van der Waals surface area contributed by atoms with Gasteiger partial charge in [0.2, 0.25) is 14.3 Å². The van der Waals surface area contributed by atoms with Crippen molar-refractivity contribution in [2.75, 3.05) is 23.4 Å². The summed E-state index contributed by atoms with van der Waals surface area (Å²) in [5.41, 5.74) is 1.36. The van der Waals surface area contributed by atoms with Crippen LogP contribution in [0.2, 0.25) is 18.6 Å². The van der Waals surface area contributed by atoms with Gasteiger partial charge in [0.15, 0.2) is 5.60 Å². The van der Waals surface area contributed by atoms with E-state index < -0.39 is 31.6 Å². The van der Waals surface area contributed by atoms with Crippen LogP contribution in [0.3, 0.4) is 0 Å². The summed E-state index contributed by atoms with van der Waals surface area (Å²) in [4.78, 5) is 28.4. The lowest BCUT2D eigenvalue weighted by molar-refractivity contribution is -0.146. The SMILES string of the molecule is C[C@H]1[C@H]([Si](C)(C)F)[C@@H](CCO)O[C@]12C(=O)N(Cc1ccc(NC(=O)[C@H]3CCCN3)cc1)c1ccc(Br)cc12. The first kappa shape index (κ1) is 27.5. The lowest BCUT2D eigenvalue weighted by Gasteiger charge is -2.31. The molecule has 204 valence electrons. The van der Waals surface area contributed by atoms with Crippen molar-refractivity contribution in [3.05, 3.63) is 58.1 Å². The number of carbonyl (C=O) groups excluding carboxylic acids is 2. The molecule has 3 aliphatic heterocycles. The fourth-order valence-corrected chi connectivity index (χ4v) is 9.49. The predicted octanol–water partition coefficient (Wildman–Crippen LogP) is 4.84. The Labute approximate surface area is 232 Å². The van der Waals surface area contributed by atoms with E-state index in [4.69, 9.17) is 4.74 Å². The van der Waals surface area contributed by atoms with Crippen molar-refractivity contribution < 1.29 is 23.5 Å². The maximum absolute atomic E-state index is 15.6. The van der Waals surface area contributed by atoms with Crippen LogP contribution in [0.4, 0.5) is 15.5 Å². The molecule has 0 aromatic heterocycles. The highest BCUT2D eigenvalue weighted by molar-refractivity contribution is 9.10. The van der Waals surface area contributed by atoms with Crippen molar-refractivity contribution in [3.63, 3.8) is 0 Å². The zero-order valence-corrected chi connectivity index (χ0v) is 24.6. The molecule has 1 spiro atoms. The van der Waals surface area contributed by atoms with Gasteiger partial charge in [-0.2, -0.15) is 0 Å². The van der Waals surface area contributed by atoms with E-state index in [0.717, 1.165) is 40.7 Å². The minimum absolute atomic E-state index is 0.0369. The minimum Gasteiger partial charge on any atom is -0.396 e.